The van der Waals surface area contributed by atoms with Gasteiger partial charge in [0, 0.05) is 22.0 Å². The van der Waals surface area contributed by atoms with Crippen LogP contribution in [0.3, 0.4) is 0 Å². The van der Waals surface area contributed by atoms with E-state index in [-0.39, 0.29) is 16.2 Å². The zero-order valence-corrected chi connectivity index (χ0v) is 13.5. The Morgan fingerprint density at radius 1 is 1.12 bits per heavy atom. The molecule has 2 nitrogen and oxygen atoms in total. The minimum Gasteiger partial charge on any atom is -0.305 e. The van der Waals surface area contributed by atoms with E-state index in [1.807, 2.05) is 32.5 Å². The molecule has 0 aliphatic carbocycles. The first-order chi connectivity index (χ1) is 7.43. The molecule has 3 heteroatoms. The van der Waals surface area contributed by atoms with Gasteiger partial charge in [-0.25, -0.2) is 0 Å². The Morgan fingerprint density at radius 3 is 1.88 bits per heavy atom. The number of Topliss-reactive ketones (excluding diaryl/α,β-unsaturated/α-hetero) is 1. The molecule has 0 aromatic carbocycles. The molecule has 1 unspecified atom stereocenters. The molecule has 0 amide bonds. The van der Waals surface area contributed by atoms with Gasteiger partial charge in [-0.05, 0) is 0 Å². The van der Waals surface area contributed by atoms with E-state index in [2.05, 4.69) is 39.9 Å². The Hall–Kier alpha value is -0.0200. The molecule has 0 bridgehead atoms. The van der Waals surface area contributed by atoms with E-state index in [0.717, 1.165) is 5.75 Å². The summed E-state index contributed by atoms with van der Waals surface area (Å²) in [6.45, 7) is 16.7. The monoisotopic (exact) mass is 259 g/mol. The molecule has 1 atom stereocenters. The Balaban J connectivity index is 4.60. The van der Waals surface area contributed by atoms with Crippen LogP contribution in [0.1, 0.15) is 55.4 Å². The molecule has 0 spiro atoms. The van der Waals surface area contributed by atoms with Crippen molar-refractivity contribution >= 4 is 17.5 Å². The number of rotatable bonds is 5. The highest BCUT2D eigenvalue weighted by Crippen LogP contribution is 2.26. The third-order valence-corrected chi connectivity index (χ3v) is 3.64. The molecule has 0 heterocycles. The number of nitrogens with one attached hydrogen (secondary N) is 1. The largest absolute Gasteiger partial charge is 0.305 e. The van der Waals surface area contributed by atoms with Crippen molar-refractivity contribution in [1.29, 1.82) is 0 Å². The molecule has 0 radical (unpaired) electrons. The van der Waals surface area contributed by atoms with E-state index in [0.29, 0.717) is 11.8 Å². The van der Waals surface area contributed by atoms with Gasteiger partial charge in [-0.15, -0.1) is 0 Å². The lowest BCUT2D eigenvalue weighted by Crippen LogP contribution is -2.47. The molecule has 0 aromatic rings. The summed E-state index contributed by atoms with van der Waals surface area (Å²) in [6, 6.07) is 0.297. The van der Waals surface area contributed by atoms with Gasteiger partial charge >= 0.3 is 0 Å². The lowest BCUT2D eigenvalue weighted by molar-refractivity contribution is -0.128. The summed E-state index contributed by atoms with van der Waals surface area (Å²) in [5.74, 6) is 1.15. The number of thioether (sulfide) groups is 1. The Kier molecular flexibility index (Phi) is 6.23. The van der Waals surface area contributed by atoms with Gasteiger partial charge in [0.05, 0.1) is 6.04 Å². The molecule has 102 valence electrons. The zero-order chi connectivity index (χ0) is 13.9. The lowest BCUT2D eigenvalue weighted by Gasteiger charge is -2.29. The van der Waals surface area contributed by atoms with Gasteiger partial charge in [-0.3, -0.25) is 4.79 Å². The van der Waals surface area contributed by atoms with E-state index < -0.39 is 0 Å². The number of hydrogen-bond acceptors (Lipinski definition) is 3. The van der Waals surface area contributed by atoms with E-state index in [1.54, 1.807) is 0 Å². The molecular weight excluding hydrogens is 230 g/mol. The standard InChI is InChI=1S/C14H29NOS/c1-10(2)15-11(9-17-14(6,7)8)12(16)13(3,4)5/h10-11,15H,9H2,1-8H3. The fourth-order valence-corrected chi connectivity index (χ4v) is 2.37. The summed E-state index contributed by atoms with van der Waals surface area (Å²) in [5.41, 5.74) is -0.273. The molecular formula is C14H29NOS. The first-order valence-corrected chi connectivity index (χ1v) is 7.36. The fourth-order valence-electron chi connectivity index (χ4n) is 1.46. The smallest absolute Gasteiger partial charge is 0.155 e. The summed E-state index contributed by atoms with van der Waals surface area (Å²) in [5, 5.41) is 3.39. The average Bonchev–Trinajstić information content (AvgIpc) is 2.07. The van der Waals surface area contributed by atoms with Gasteiger partial charge in [0.2, 0.25) is 0 Å². The topological polar surface area (TPSA) is 29.1 Å². The molecule has 0 saturated heterocycles. The first kappa shape index (κ1) is 17.0. The predicted octanol–water partition coefficient (Wildman–Crippen LogP) is 3.50. The molecule has 0 rings (SSSR count). The number of ketones is 1. The first-order valence-electron chi connectivity index (χ1n) is 6.38. The third-order valence-electron chi connectivity index (χ3n) is 2.27. The van der Waals surface area contributed by atoms with Crippen LogP contribution in [0.5, 0.6) is 0 Å². The van der Waals surface area contributed by atoms with E-state index in [9.17, 15) is 4.79 Å². The molecule has 0 aliphatic heterocycles. The molecule has 1 N–H and O–H groups in total. The lowest BCUT2D eigenvalue weighted by atomic mass is 9.87. The van der Waals surface area contributed by atoms with E-state index >= 15 is 0 Å². The number of hydrogen-bond donors (Lipinski definition) is 1. The van der Waals surface area contributed by atoms with Crippen molar-refractivity contribution in [3.8, 4) is 0 Å². The van der Waals surface area contributed by atoms with Gasteiger partial charge in [0.15, 0.2) is 5.78 Å². The number of carbonyl (C=O) groups excluding carboxylic acids is 1. The van der Waals surface area contributed by atoms with Crippen LogP contribution in [0, 0.1) is 5.41 Å². The highest BCUT2D eigenvalue weighted by molar-refractivity contribution is 8.00. The fraction of sp³-hybridized carbons (Fsp3) is 0.929. The van der Waals surface area contributed by atoms with Crippen molar-refractivity contribution in [1.82, 2.24) is 5.32 Å². The van der Waals surface area contributed by atoms with E-state index in [4.69, 9.17) is 0 Å². The van der Waals surface area contributed by atoms with Crippen molar-refractivity contribution in [2.24, 2.45) is 5.41 Å². The summed E-state index contributed by atoms with van der Waals surface area (Å²) in [7, 11) is 0. The minimum absolute atomic E-state index is 0.0424. The summed E-state index contributed by atoms with van der Waals surface area (Å²) < 4.78 is 0.203. The zero-order valence-electron chi connectivity index (χ0n) is 12.7. The summed E-state index contributed by atoms with van der Waals surface area (Å²) >= 11 is 1.84. The molecule has 0 aromatic heterocycles. The van der Waals surface area contributed by atoms with Crippen LogP contribution in [0.15, 0.2) is 0 Å². The third kappa shape index (κ3) is 7.82. The Labute approximate surface area is 111 Å². The van der Waals surface area contributed by atoms with Crippen LogP contribution >= 0.6 is 11.8 Å². The number of carbonyl (C=O) groups is 1. The molecule has 0 saturated carbocycles. The van der Waals surface area contributed by atoms with Crippen LogP contribution in [0.2, 0.25) is 0 Å². The van der Waals surface area contributed by atoms with Crippen LogP contribution in [-0.4, -0.2) is 28.4 Å². The second-order valence-electron chi connectivity index (χ2n) is 6.91. The molecule has 0 fully saturated rings. The van der Waals surface area contributed by atoms with Crippen molar-refractivity contribution < 1.29 is 4.79 Å². The van der Waals surface area contributed by atoms with Gasteiger partial charge in [-0.2, -0.15) is 11.8 Å². The van der Waals surface area contributed by atoms with Gasteiger partial charge in [0.25, 0.3) is 0 Å². The maximum atomic E-state index is 12.3. The highest BCUT2D eigenvalue weighted by atomic mass is 32.2. The minimum atomic E-state index is -0.273. The van der Waals surface area contributed by atoms with Crippen LogP contribution in [0.4, 0.5) is 0 Å². The van der Waals surface area contributed by atoms with Gasteiger partial charge in [0.1, 0.15) is 0 Å². The molecule has 17 heavy (non-hydrogen) atoms. The van der Waals surface area contributed by atoms with Crippen LogP contribution < -0.4 is 5.32 Å². The summed E-state index contributed by atoms with van der Waals surface area (Å²) in [4.78, 5) is 12.3. The SMILES string of the molecule is CC(C)NC(CSC(C)(C)C)C(=O)C(C)(C)C. The maximum absolute atomic E-state index is 12.3. The van der Waals surface area contributed by atoms with Crippen LogP contribution in [-0.2, 0) is 4.79 Å². The van der Waals surface area contributed by atoms with Crippen molar-refractivity contribution in [3.63, 3.8) is 0 Å². The summed E-state index contributed by atoms with van der Waals surface area (Å²) in [6.07, 6.45) is 0. The predicted molar refractivity (Wildman–Crippen MR) is 78.7 cm³/mol. The van der Waals surface area contributed by atoms with E-state index in [1.165, 1.54) is 0 Å². The van der Waals surface area contributed by atoms with Gasteiger partial charge in [-0.1, -0.05) is 55.4 Å². The molecule has 0 aliphatic rings. The Bertz CT molecular complexity index is 248. The second kappa shape index (κ2) is 6.24. The van der Waals surface area contributed by atoms with Crippen LogP contribution in [0.25, 0.3) is 0 Å². The highest BCUT2D eigenvalue weighted by Gasteiger charge is 2.30. The van der Waals surface area contributed by atoms with Crippen molar-refractivity contribution in [2.45, 2.75) is 72.2 Å². The maximum Gasteiger partial charge on any atom is 0.155 e. The second-order valence-corrected chi connectivity index (χ2v) is 8.76. The van der Waals surface area contributed by atoms with Gasteiger partial charge < -0.3 is 5.32 Å². The quantitative estimate of drug-likeness (QED) is 0.819. The van der Waals surface area contributed by atoms with Crippen molar-refractivity contribution in [3.05, 3.63) is 0 Å². The van der Waals surface area contributed by atoms with Crippen molar-refractivity contribution in [2.75, 3.05) is 5.75 Å². The average molecular weight is 259 g/mol. The normalized spacial score (nSPS) is 15.1. The Morgan fingerprint density at radius 2 is 1.59 bits per heavy atom.